The second kappa shape index (κ2) is 6.51. The second-order valence-electron chi connectivity index (χ2n) is 6.33. The van der Waals surface area contributed by atoms with E-state index >= 15 is 0 Å². The predicted molar refractivity (Wildman–Crippen MR) is 78.6 cm³/mol. The van der Waals surface area contributed by atoms with Crippen LogP contribution in [0.4, 0.5) is 13.2 Å². The smallest absolute Gasteiger partial charge is 0.372 e. The first kappa shape index (κ1) is 16.3. The van der Waals surface area contributed by atoms with Crippen LogP contribution in [0.5, 0.6) is 0 Å². The zero-order chi connectivity index (χ0) is 16.4. The zero-order valence-corrected chi connectivity index (χ0v) is 12.8. The molecule has 0 aromatic heterocycles. The van der Waals surface area contributed by atoms with Gasteiger partial charge in [-0.3, -0.25) is 4.79 Å². The lowest BCUT2D eigenvalue weighted by Gasteiger charge is -2.32. The van der Waals surface area contributed by atoms with Crippen molar-refractivity contribution in [3.05, 3.63) is 35.4 Å². The summed E-state index contributed by atoms with van der Waals surface area (Å²) in [5.74, 6) is 0.441. The van der Waals surface area contributed by atoms with Crippen LogP contribution in [-0.2, 0) is 22.3 Å². The number of hydrogen-bond acceptors (Lipinski definition) is 2. The highest BCUT2D eigenvalue weighted by atomic mass is 19.4. The van der Waals surface area contributed by atoms with Gasteiger partial charge in [0.1, 0.15) is 0 Å². The number of nitrogens with zero attached hydrogens (tertiary/aromatic N) is 1. The van der Waals surface area contributed by atoms with Crippen LogP contribution in [-0.4, -0.2) is 30.0 Å². The number of alkyl halides is 3. The SMILES string of the molecule is O=C(C1CC1)N1CCCC(OCc2ccc(C(F)(F)F)cc2)C1. The fourth-order valence-electron chi connectivity index (χ4n) is 2.87. The number of likely N-dealkylation sites (tertiary alicyclic amines) is 1. The van der Waals surface area contributed by atoms with Gasteiger partial charge in [-0.2, -0.15) is 13.2 Å². The summed E-state index contributed by atoms with van der Waals surface area (Å²) in [6, 6.07) is 5.03. The van der Waals surface area contributed by atoms with Crippen molar-refractivity contribution < 1.29 is 22.7 Å². The normalized spacial score (nSPS) is 22.2. The van der Waals surface area contributed by atoms with E-state index in [0.29, 0.717) is 12.1 Å². The molecule has 126 valence electrons. The van der Waals surface area contributed by atoms with E-state index in [1.165, 1.54) is 12.1 Å². The minimum absolute atomic E-state index is 0.0336. The van der Waals surface area contributed by atoms with Gasteiger partial charge in [-0.05, 0) is 43.4 Å². The lowest BCUT2D eigenvalue weighted by molar-refractivity contribution is -0.137. The Morgan fingerprint density at radius 2 is 1.87 bits per heavy atom. The Kier molecular flexibility index (Phi) is 4.62. The summed E-state index contributed by atoms with van der Waals surface area (Å²) in [6.45, 7) is 1.65. The number of carbonyl (C=O) groups excluding carboxylic acids is 1. The summed E-state index contributed by atoms with van der Waals surface area (Å²) in [5.41, 5.74) is 0.0590. The molecule has 1 saturated heterocycles. The van der Waals surface area contributed by atoms with Crippen LogP contribution in [0.3, 0.4) is 0 Å². The number of hydrogen-bond donors (Lipinski definition) is 0. The van der Waals surface area contributed by atoms with Crippen molar-refractivity contribution in [2.24, 2.45) is 5.92 Å². The van der Waals surface area contributed by atoms with Gasteiger partial charge in [0.25, 0.3) is 0 Å². The van der Waals surface area contributed by atoms with Crippen molar-refractivity contribution in [1.29, 1.82) is 0 Å². The van der Waals surface area contributed by atoms with Crippen molar-refractivity contribution in [3.63, 3.8) is 0 Å². The molecule has 2 aliphatic rings. The summed E-state index contributed by atoms with van der Waals surface area (Å²) in [6.07, 6.45) is -0.565. The van der Waals surface area contributed by atoms with Gasteiger partial charge in [0.15, 0.2) is 0 Å². The van der Waals surface area contributed by atoms with Crippen LogP contribution in [0, 0.1) is 5.92 Å². The Bertz CT molecular complexity index is 552. The summed E-state index contributed by atoms with van der Waals surface area (Å²) in [7, 11) is 0. The third kappa shape index (κ3) is 4.25. The van der Waals surface area contributed by atoms with E-state index in [1.807, 2.05) is 4.90 Å². The van der Waals surface area contributed by atoms with Gasteiger partial charge in [0.2, 0.25) is 5.91 Å². The quantitative estimate of drug-likeness (QED) is 0.845. The first-order valence-corrected chi connectivity index (χ1v) is 8.00. The molecule has 23 heavy (non-hydrogen) atoms. The molecule has 1 aromatic carbocycles. The lowest BCUT2D eigenvalue weighted by Crippen LogP contribution is -2.43. The molecule has 0 radical (unpaired) electrons. The molecule has 3 nitrogen and oxygen atoms in total. The summed E-state index contributed by atoms with van der Waals surface area (Å²) >= 11 is 0. The van der Waals surface area contributed by atoms with Gasteiger partial charge in [0, 0.05) is 19.0 Å². The highest BCUT2D eigenvalue weighted by molar-refractivity contribution is 5.81. The highest BCUT2D eigenvalue weighted by Crippen LogP contribution is 2.32. The average molecular weight is 327 g/mol. The van der Waals surface area contributed by atoms with Crippen LogP contribution in [0.15, 0.2) is 24.3 Å². The van der Waals surface area contributed by atoms with Crippen LogP contribution in [0.25, 0.3) is 0 Å². The van der Waals surface area contributed by atoms with E-state index in [4.69, 9.17) is 4.74 Å². The predicted octanol–water partition coefficient (Wildman–Crippen LogP) is 3.62. The first-order valence-electron chi connectivity index (χ1n) is 8.00. The molecule has 6 heteroatoms. The van der Waals surface area contributed by atoms with Crippen LogP contribution in [0.1, 0.15) is 36.8 Å². The molecule has 1 aromatic rings. The van der Waals surface area contributed by atoms with E-state index in [9.17, 15) is 18.0 Å². The number of carbonyl (C=O) groups is 1. The van der Waals surface area contributed by atoms with Gasteiger partial charge in [-0.25, -0.2) is 0 Å². The Morgan fingerprint density at radius 3 is 2.48 bits per heavy atom. The third-order valence-corrected chi connectivity index (χ3v) is 4.38. The molecule has 0 spiro atoms. The van der Waals surface area contributed by atoms with Crippen molar-refractivity contribution in [2.75, 3.05) is 13.1 Å². The summed E-state index contributed by atoms with van der Waals surface area (Å²) in [5, 5.41) is 0. The molecular formula is C17H20F3NO2. The average Bonchev–Trinajstić information content (AvgIpc) is 3.37. The van der Waals surface area contributed by atoms with Crippen molar-refractivity contribution in [3.8, 4) is 0 Å². The van der Waals surface area contributed by atoms with E-state index in [2.05, 4.69) is 0 Å². The number of piperidine rings is 1. The molecule has 0 bridgehead atoms. The number of benzene rings is 1. The van der Waals surface area contributed by atoms with Gasteiger partial charge in [0.05, 0.1) is 18.3 Å². The molecule has 1 aliphatic carbocycles. The standard InChI is InChI=1S/C17H20F3NO2/c18-17(19,20)14-7-3-12(4-8-14)11-23-15-2-1-9-21(10-15)16(22)13-5-6-13/h3-4,7-8,13,15H,1-2,5-6,9-11H2. The monoisotopic (exact) mass is 327 g/mol. The number of halogens is 3. The highest BCUT2D eigenvalue weighted by Gasteiger charge is 2.35. The number of ether oxygens (including phenoxy) is 1. The van der Waals surface area contributed by atoms with Crippen molar-refractivity contribution >= 4 is 5.91 Å². The Hall–Kier alpha value is -1.56. The maximum atomic E-state index is 12.5. The topological polar surface area (TPSA) is 29.5 Å². The van der Waals surface area contributed by atoms with Crippen molar-refractivity contribution in [1.82, 2.24) is 4.90 Å². The molecule has 1 heterocycles. The largest absolute Gasteiger partial charge is 0.416 e. The number of rotatable bonds is 4. The fourth-order valence-corrected chi connectivity index (χ4v) is 2.87. The van der Waals surface area contributed by atoms with Crippen LogP contribution < -0.4 is 0 Å². The minimum atomic E-state index is -4.31. The van der Waals surface area contributed by atoms with Crippen LogP contribution >= 0.6 is 0 Å². The zero-order valence-electron chi connectivity index (χ0n) is 12.8. The van der Waals surface area contributed by atoms with E-state index in [0.717, 1.165) is 44.4 Å². The Morgan fingerprint density at radius 1 is 1.17 bits per heavy atom. The maximum absolute atomic E-state index is 12.5. The van der Waals surface area contributed by atoms with E-state index in [-0.39, 0.29) is 24.5 Å². The van der Waals surface area contributed by atoms with Gasteiger partial charge < -0.3 is 9.64 Å². The second-order valence-corrected chi connectivity index (χ2v) is 6.33. The maximum Gasteiger partial charge on any atom is 0.416 e. The molecule has 1 amide bonds. The molecular weight excluding hydrogens is 307 g/mol. The molecule has 1 unspecified atom stereocenters. The molecule has 1 atom stereocenters. The Balaban J connectivity index is 1.50. The van der Waals surface area contributed by atoms with E-state index in [1.54, 1.807) is 0 Å². The molecule has 1 aliphatic heterocycles. The molecule has 1 saturated carbocycles. The van der Waals surface area contributed by atoms with Gasteiger partial charge >= 0.3 is 6.18 Å². The number of amides is 1. The fraction of sp³-hybridized carbons (Fsp3) is 0.588. The minimum Gasteiger partial charge on any atom is -0.372 e. The van der Waals surface area contributed by atoms with Gasteiger partial charge in [-0.15, -0.1) is 0 Å². The molecule has 3 rings (SSSR count). The summed E-state index contributed by atoms with van der Waals surface area (Å²) < 4.78 is 43.3. The molecule has 2 fully saturated rings. The lowest BCUT2D eigenvalue weighted by atomic mass is 10.1. The summed E-state index contributed by atoms with van der Waals surface area (Å²) in [4.78, 5) is 13.9. The van der Waals surface area contributed by atoms with Crippen LogP contribution in [0.2, 0.25) is 0 Å². The van der Waals surface area contributed by atoms with E-state index < -0.39 is 11.7 Å². The first-order chi connectivity index (χ1) is 10.9. The van der Waals surface area contributed by atoms with Gasteiger partial charge in [-0.1, -0.05) is 12.1 Å². The Labute approximate surface area is 133 Å². The molecule has 0 N–H and O–H groups in total. The van der Waals surface area contributed by atoms with Crippen molar-refractivity contribution in [2.45, 2.75) is 44.6 Å². The third-order valence-electron chi connectivity index (χ3n) is 4.38.